The monoisotopic (exact) mass is 331 g/mol. The first-order chi connectivity index (χ1) is 9.72. The van der Waals surface area contributed by atoms with Gasteiger partial charge in [-0.3, -0.25) is 0 Å². The summed E-state index contributed by atoms with van der Waals surface area (Å²) < 4.78 is 0. The second-order valence-electron chi connectivity index (χ2n) is 4.17. The molecule has 102 valence electrons. The third-order valence-electron chi connectivity index (χ3n) is 2.82. The number of halogens is 1. The molecule has 0 radical (unpaired) electrons. The molecule has 2 aromatic carbocycles. The van der Waals surface area contributed by atoms with Crippen LogP contribution in [0.3, 0.4) is 0 Å². The molecule has 0 aliphatic rings. The largest absolute Gasteiger partial charge is 0.478 e. The number of hydrogen-bond donors (Lipinski definition) is 2. The molecule has 3 nitrogen and oxygen atoms in total. The van der Waals surface area contributed by atoms with Gasteiger partial charge in [0.2, 0.25) is 0 Å². The maximum Gasteiger partial charge on any atom is 0.336 e. The van der Waals surface area contributed by atoms with Crippen LogP contribution in [0.1, 0.15) is 15.9 Å². The van der Waals surface area contributed by atoms with Crippen LogP contribution in [-0.2, 0) is 5.33 Å². The molecular formula is C16H14BrNO2. The highest BCUT2D eigenvalue weighted by Crippen LogP contribution is 2.16. The Morgan fingerprint density at radius 3 is 2.40 bits per heavy atom. The number of aromatic amines is 1. The smallest absolute Gasteiger partial charge is 0.336 e. The van der Waals surface area contributed by atoms with Crippen molar-refractivity contribution in [3.05, 3.63) is 71.9 Å². The first-order valence-electron chi connectivity index (χ1n) is 6.11. The van der Waals surface area contributed by atoms with E-state index >= 15 is 0 Å². The average molecular weight is 332 g/mol. The molecule has 3 aromatic rings. The zero-order chi connectivity index (χ0) is 14.4. The molecule has 2 N–H and O–H groups in total. The van der Waals surface area contributed by atoms with Crippen molar-refractivity contribution >= 4 is 32.8 Å². The minimum Gasteiger partial charge on any atom is -0.478 e. The summed E-state index contributed by atoms with van der Waals surface area (Å²) in [5, 5.41) is 10.5. The Morgan fingerprint density at radius 1 is 1.05 bits per heavy atom. The topological polar surface area (TPSA) is 53.1 Å². The van der Waals surface area contributed by atoms with Gasteiger partial charge in [0.15, 0.2) is 0 Å². The summed E-state index contributed by atoms with van der Waals surface area (Å²) in [6.07, 6.45) is 1.73. The molecular weight excluding hydrogens is 318 g/mol. The molecule has 0 fully saturated rings. The molecule has 4 heteroatoms. The van der Waals surface area contributed by atoms with E-state index in [1.54, 1.807) is 24.4 Å². The molecule has 0 bridgehead atoms. The number of carboxylic acid groups (broad SMARTS) is 1. The normalized spacial score (nSPS) is 9.85. The summed E-state index contributed by atoms with van der Waals surface area (Å²) in [6, 6.07) is 17.2. The lowest BCUT2D eigenvalue weighted by molar-refractivity contribution is 0.0699. The first-order valence-corrected chi connectivity index (χ1v) is 7.24. The van der Waals surface area contributed by atoms with E-state index in [1.165, 1.54) is 5.56 Å². The predicted molar refractivity (Wildman–Crippen MR) is 84.3 cm³/mol. The summed E-state index contributed by atoms with van der Waals surface area (Å²) in [6.45, 7) is 0. The quantitative estimate of drug-likeness (QED) is 0.681. The van der Waals surface area contributed by atoms with E-state index in [-0.39, 0.29) is 0 Å². The second-order valence-corrected chi connectivity index (χ2v) is 4.73. The summed E-state index contributed by atoms with van der Waals surface area (Å²) in [7, 11) is 0. The van der Waals surface area contributed by atoms with Crippen LogP contribution in [0.4, 0.5) is 0 Å². The standard InChI is InChI=1S/C9H7NO2.C7H7Br/c11-9(12)7-2-1-3-8-6(7)4-5-10-8;8-6-7-4-2-1-3-5-7/h1-5,10H,(H,11,12);1-5H,6H2. The van der Waals surface area contributed by atoms with E-state index in [2.05, 4.69) is 33.0 Å². The Bertz CT molecular complexity index is 692. The minimum absolute atomic E-state index is 0.341. The summed E-state index contributed by atoms with van der Waals surface area (Å²) in [5.41, 5.74) is 2.52. The third kappa shape index (κ3) is 3.48. The number of benzene rings is 2. The van der Waals surface area contributed by atoms with Gasteiger partial charge in [-0.05, 0) is 23.8 Å². The maximum absolute atomic E-state index is 10.7. The number of carbonyl (C=O) groups is 1. The molecule has 0 spiro atoms. The molecule has 0 aliphatic carbocycles. The Labute approximate surface area is 125 Å². The number of alkyl halides is 1. The van der Waals surface area contributed by atoms with Gasteiger partial charge in [-0.2, -0.15) is 0 Å². The Hall–Kier alpha value is -2.07. The van der Waals surface area contributed by atoms with Crippen molar-refractivity contribution in [1.82, 2.24) is 4.98 Å². The fourth-order valence-corrected chi connectivity index (χ4v) is 2.21. The van der Waals surface area contributed by atoms with Gasteiger partial charge in [0.1, 0.15) is 0 Å². The number of rotatable bonds is 2. The van der Waals surface area contributed by atoms with Crippen LogP contribution in [0.2, 0.25) is 0 Å². The predicted octanol–water partition coefficient (Wildman–Crippen LogP) is 4.45. The molecule has 0 saturated heterocycles. The molecule has 1 aromatic heterocycles. The number of aromatic nitrogens is 1. The highest BCUT2D eigenvalue weighted by atomic mass is 79.9. The van der Waals surface area contributed by atoms with Crippen molar-refractivity contribution in [2.24, 2.45) is 0 Å². The van der Waals surface area contributed by atoms with Crippen LogP contribution in [-0.4, -0.2) is 16.1 Å². The van der Waals surface area contributed by atoms with Crippen molar-refractivity contribution in [2.75, 3.05) is 0 Å². The Morgan fingerprint density at radius 2 is 1.80 bits per heavy atom. The number of hydrogen-bond acceptors (Lipinski definition) is 1. The zero-order valence-corrected chi connectivity index (χ0v) is 12.3. The maximum atomic E-state index is 10.7. The number of aromatic carboxylic acids is 1. The lowest BCUT2D eigenvalue weighted by Gasteiger charge is -1.94. The van der Waals surface area contributed by atoms with Crippen LogP contribution >= 0.6 is 15.9 Å². The van der Waals surface area contributed by atoms with Gasteiger partial charge in [0, 0.05) is 22.4 Å². The molecule has 3 rings (SSSR count). The van der Waals surface area contributed by atoms with Gasteiger partial charge in [-0.1, -0.05) is 52.3 Å². The van der Waals surface area contributed by atoms with Crippen LogP contribution in [0.5, 0.6) is 0 Å². The lowest BCUT2D eigenvalue weighted by Crippen LogP contribution is -1.95. The Kier molecular flexibility index (Phi) is 4.96. The van der Waals surface area contributed by atoms with Crippen molar-refractivity contribution in [3.63, 3.8) is 0 Å². The van der Waals surface area contributed by atoms with E-state index in [1.807, 2.05) is 24.3 Å². The van der Waals surface area contributed by atoms with Gasteiger partial charge in [-0.25, -0.2) is 4.79 Å². The van der Waals surface area contributed by atoms with Crippen molar-refractivity contribution in [3.8, 4) is 0 Å². The molecule has 0 atom stereocenters. The van der Waals surface area contributed by atoms with Crippen molar-refractivity contribution in [1.29, 1.82) is 0 Å². The van der Waals surface area contributed by atoms with Crippen LogP contribution < -0.4 is 0 Å². The van der Waals surface area contributed by atoms with E-state index < -0.39 is 5.97 Å². The second kappa shape index (κ2) is 6.91. The van der Waals surface area contributed by atoms with Gasteiger partial charge in [0.05, 0.1) is 5.56 Å². The van der Waals surface area contributed by atoms with Crippen LogP contribution in [0.15, 0.2) is 60.8 Å². The summed E-state index contributed by atoms with van der Waals surface area (Å²) >= 11 is 3.36. The first kappa shape index (κ1) is 14.3. The lowest BCUT2D eigenvalue weighted by atomic mass is 10.1. The third-order valence-corrected chi connectivity index (χ3v) is 3.47. The van der Waals surface area contributed by atoms with Crippen LogP contribution in [0, 0.1) is 0 Å². The van der Waals surface area contributed by atoms with Gasteiger partial charge < -0.3 is 10.1 Å². The van der Waals surface area contributed by atoms with E-state index in [9.17, 15) is 4.79 Å². The van der Waals surface area contributed by atoms with Crippen molar-refractivity contribution in [2.45, 2.75) is 5.33 Å². The molecule has 0 aliphatic heterocycles. The molecule has 0 unspecified atom stereocenters. The number of H-pyrrole nitrogens is 1. The highest BCUT2D eigenvalue weighted by Gasteiger charge is 2.06. The SMILES string of the molecule is BrCc1ccccc1.O=C(O)c1cccc2[nH]ccc12. The summed E-state index contributed by atoms with van der Waals surface area (Å²) in [4.78, 5) is 13.7. The molecule has 1 heterocycles. The van der Waals surface area contributed by atoms with Gasteiger partial charge in [-0.15, -0.1) is 0 Å². The molecule has 0 saturated carbocycles. The Balaban J connectivity index is 0.000000160. The van der Waals surface area contributed by atoms with E-state index in [4.69, 9.17) is 5.11 Å². The number of nitrogens with one attached hydrogen (secondary N) is 1. The highest BCUT2D eigenvalue weighted by molar-refractivity contribution is 9.08. The summed E-state index contributed by atoms with van der Waals surface area (Å²) in [5.74, 6) is -0.889. The van der Waals surface area contributed by atoms with Gasteiger partial charge in [0.25, 0.3) is 0 Å². The molecule has 0 amide bonds. The van der Waals surface area contributed by atoms with Crippen LogP contribution in [0.25, 0.3) is 10.9 Å². The zero-order valence-electron chi connectivity index (χ0n) is 10.7. The average Bonchev–Trinajstić information content (AvgIpc) is 2.97. The minimum atomic E-state index is -0.889. The molecule has 20 heavy (non-hydrogen) atoms. The number of fused-ring (bicyclic) bond motifs is 1. The fraction of sp³-hybridized carbons (Fsp3) is 0.0625. The van der Waals surface area contributed by atoms with E-state index in [0.29, 0.717) is 5.56 Å². The van der Waals surface area contributed by atoms with Crippen molar-refractivity contribution < 1.29 is 9.90 Å². The number of carboxylic acids is 1. The van der Waals surface area contributed by atoms with E-state index in [0.717, 1.165) is 16.2 Å². The fourth-order valence-electron chi connectivity index (χ4n) is 1.84. The van der Waals surface area contributed by atoms with Gasteiger partial charge >= 0.3 is 5.97 Å².